The monoisotopic (exact) mass is 335 g/mol. The minimum Gasteiger partial charge on any atom is -0.480 e. The number of carbonyl (C=O) groups is 1. The van der Waals surface area contributed by atoms with Crippen LogP contribution < -0.4 is 5.32 Å². The van der Waals surface area contributed by atoms with Crippen molar-refractivity contribution in [1.82, 2.24) is 5.32 Å². The maximum absolute atomic E-state index is 11.0. The highest BCUT2D eigenvalue weighted by atomic mass is 79.9. The van der Waals surface area contributed by atoms with Crippen molar-refractivity contribution in [2.45, 2.75) is 17.8 Å². The molecule has 0 amide bonds. The zero-order valence-corrected chi connectivity index (χ0v) is 12.0. The zero-order chi connectivity index (χ0) is 12.4. The third-order valence-electron chi connectivity index (χ3n) is 2.59. The standard InChI is InChI=1S/C11H11BrClNO2S/c12-8-5-6(13)1-2-7(8)10-14-9(11(15)16)3-4-17-10/h1-2,5,9-10,14H,3-4H2,(H,15,16). The van der Waals surface area contributed by atoms with Gasteiger partial charge in [0.05, 0.1) is 5.37 Å². The Kier molecular flexibility index (Phi) is 4.36. The molecular weight excluding hydrogens is 326 g/mol. The topological polar surface area (TPSA) is 49.3 Å². The number of hydrogen-bond donors (Lipinski definition) is 2. The summed E-state index contributed by atoms with van der Waals surface area (Å²) in [5, 5.41) is 12.8. The molecule has 0 aromatic heterocycles. The molecule has 2 N–H and O–H groups in total. The smallest absolute Gasteiger partial charge is 0.320 e. The molecule has 0 saturated carbocycles. The normalized spacial score (nSPS) is 24.6. The van der Waals surface area contributed by atoms with Gasteiger partial charge < -0.3 is 5.11 Å². The van der Waals surface area contributed by atoms with Gasteiger partial charge in [-0.2, -0.15) is 0 Å². The number of rotatable bonds is 2. The van der Waals surface area contributed by atoms with Gasteiger partial charge in [0.1, 0.15) is 6.04 Å². The summed E-state index contributed by atoms with van der Waals surface area (Å²) in [5.74, 6) is 0.0457. The minimum atomic E-state index is -0.791. The predicted molar refractivity (Wildman–Crippen MR) is 73.5 cm³/mol. The number of nitrogens with one attached hydrogen (secondary N) is 1. The molecule has 0 aliphatic carbocycles. The van der Waals surface area contributed by atoms with Crippen molar-refractivity contribution in [2.24, 2.45) is 0 Å². The molecule has 2 rings (SSSR count). The summed E-state index contributed by atoms with van der Waals surface area (Å²) in [7, 11) is 0. The lowest BCUT2D eigenvalue weighted by Crippen LogP contribution is -2.41. The van der Waals surface area contributed by atoms with E-state index in [9.17, 15) is 4.79 Å². The van der Waals surface area contributed by atoms with Crippen LogP contribution in [0.4, 0.5) is 0 Å². The minimum absolute atomic E-state index is 0.00325. The van der Waals surface area contributed by atoms with Crippen LogP contribution in [-0.4, -0.2) is 22.9 Å². The molecule has 1 heterocycles. The number of benzene rings is 1. The second-order valence-corrected chi connectivity index (χ2v) is 6.27. The maximum Gasteiger partial charge on any atom is 0.320 e. The summed E-state index contributed by atoms with van der Waals surface area (Å²) in [6, 6.07) is 5.09. The number of carboxylic acid groups (broad SMARTS) is 1. The Morgan fingerprint density at radius 1 is 1.59 bits per heavy atom. The number of halogens is 2. The molecule has 1 aromatic carbocycles. The van der Waals surface area contributed by atoms with Gasteiger partial charge in [-0.15, -0.1) is 11.8 Å². The third-order valence-corrected chi connectivity index (χ3v) is 4.70. The number of hydrogen-bond acceptors (Lipinski definition) is 3. The Labute approximate surface area is 117 Å². The summed E-state index contributed by atoms with van der Waals surface area (Å²) >= 11 is 11.0. The van der Waals surface area contributed by atoms with Gasteiger partial charge in [-0.1, -0.05) is 33.6 Å². The van der Waals surface area contributed by atoms with Gasteiger partial charge in [-0.25, -0.2) is 0 Å². The fraction of sp³-hybridized carbons (Fsp3) is 0.364. The van der Waals surface area contributed by atoms with Crippen molar-refractivity contribution in [2.75, 3.05) is 5.75 Å². The summed E-state index contributed by atoms with van der Waals surface area (Å²) in [5.41, 5.74) is 1.03. The fourth-order valence-electron chi connectivity index (χ4n) is 1.71. The Bertz CT molecular complexity index is 443. The average Bonchev–Trinajstić information content (AvgIpc) is 2.29. The molecule has 0 spiro atoms. The molecule has 0 bridgehead atoms. The first-order chi connectivity index (χ1) is 8.08. The van der Waals surface area contributed by atoms with Crippen LogP contribution in [0.25, 0.3) is 0 Å². The van der Waals surface area contributed by atoms with Gasteiger partial charge in [0, 0.05) is 9.50 Å². The van der Waals surface area contributed by atoms with Crippen molar-refractivity contribution in [1.29, 1.82) is 0 Å². The van der Waals surface area contributed by atoms with Crippen molar-refractivity contribution in [3.8, 4) is 0 Å². The van der Waals surface area contributed by atoms with Crippen molar-refractivity contribution < 1.29 is 9.90 Å². The van der Waals surface area contributed by atoms with Crippen LogP contribution in [0.1, 0.15) is 17.4 Å². The van der Waals surface area contributed by atoms with Gasteiger partial charge in [0.2, 0.25) is 0 Å². The van der Waals surface area contributed by atoms with Crippen molar-refractivity contribution >= 4 is 45.3 Å². The molecule has 3 nitrogen and oxygen atoms in total. The van der Waals surface area contributed by atoms with E-state index in [1.165, 1.54) is 0 Å². The molecule has 17 heavy (non-hydrogen) atoms. The summed E-state index contributed by atoms with van der Waals surface area (Å²) < 4.78 is 0.904. The van der Waals surface area contributed by atoms with Gasteiger partial charge in [-0.3, -0.25) is 10.1 Å². The Hall–Kier alpha value is -0.230. The van der Waals surface area contributed by atoms with E-state index in [0.717, 1.165) is 15.8 Å². The lowest BCUT2D eigenvalue weighted by atomic mass is 10.1. The highest BCUT2D eigenvalue weighted by molar-refractivity contribution is 9.10. The van der Waals surface area contributed by atoms with E-state index in [-0.39, 0.29) is 5.37 Å². The van der Waals surface area contributed by atoms with Gasteiger partial charge >= 0.3 is 5.97 Å². The Morgan fingerprint density at radius 2 is 2.35 bits per heavy atom. The van der Waals surface area contributed by atoms with Crippen molar-refractivity contribution in [3.63, 3.8) is 0 Å². The van der Waals surface area contributed by atoms with Crippen LogP contribution in [0, 0.1) is 0 Å². The maximum atomic E-state index is 11.0. The average molecular weight is 337 g/mol. The molecule has 0 radical (unpaired) electrons. The van der Waals surface area contributed by atoms with E-state index < -0.39 is 12.0 Å². The quantitative estimate of drug-likeness (QED) is 0.870. The molecule has 1 fully saturated rings. The number of carboxylic acids is 1. The molecule has 1 aromatic rings. The highest BCUT2D eigenvalue weighted by Gasteiger charge is 2.28. The summed E-state index contributed by atoms with van der Waals surface area (Å²) in [4.78, 5) is 11.0. The molecule has 1 aliphatic rings. The first kappa shape index (κ1) is 13.2. The zero-order valence-electron chi connectivity index (χ0n) is 8.82. The first-order valence-corrected chi connectivity index (χ1v) is 7.35. The van der Waals surface area contributed by atoms with E-state index in [4.69, 9.17) is 16.7 Å². The molecule has 92 valence electrons. The molecule has 6 heteroatoms. The second-order valence-electron chi connectivity index (χ2n) is 3.76. The second kappa shape index (κ2) is 5.61. The van der Waals surface area contributed by atoms with E-state index in [1.54, 1.807) is 11.8 Å². The van der Waals surface area contributed by atoms with Gasteiger partial charge in [0.15, 0.2) is 0 Å². The third kappa shape index (κ3) is 3.16. The molecule has 1 aliphatic heterocycles. The lowest BCUT2D eigenvalue weighted by molar-refractivity contribution is -0.139. The summed E-state index contributed by atoms with van der Waals surface area (Å²) in [6.45, 7) is 0. The van der Waals surface area contributed by atoms with Gasteiger partial charge in [-0.05, 0) is 29.9 Å². The SMILES string of the molecule is O=C(O)C1CCSC(c2ccc(Cl)cc2Br)N1. The van der Waals surface area contributed by atoms with E-state index in [1.807, 2.05) is 18.2 Å². The van der Waals surface area contributed by atoms with E-state index in [2.05, 4.69) is 21.2 Å². The molecule has 2 unspecified atom stereocenters. The van der Waals surface area contributed by atoms with E-state index >= 15 is 0 Å². The molecule has 2 atom stereocenters. The largest absolute Gasteiger partial charge is 0.480 e. The van der Waals surface area contributed by atoms with Crippen LogP contribution in [0.2, 0.25) is 5.02 Å². The number of thioether (sulfide) groups is 1. The molecule has 1 saturated heterocycles. The fourth-order valence-corrected chi connectivity index (χ4v) is 4.02. The first-order valence-electron chi connectivity index (χ1n) is 5.13. The molecular formula is C11H11BrClNO2S. The lowest BCUT2D eigenvalue weighted by Gasteiger charge is -2.29. The van der Waals surface area contributed by atoms with E-state index in [0.29, 0.717) is 11.4 Å². The van der Waals surface area contributed by atoms with Crippen LogP contribution in [-0.2, 0) is 4.79 Å². The number of aliphatic carboxylic acids is 1. The van der Waals surface area contributed by atoms with Crippen LogP contribution >= 0.6 is 39.3 Å². The van der Waals surface area contributed by atoms with Gasteiger partial charge in [0.25, 0.3) is 0 Å². The Morgan fingerprint density at radius 3 is 3.00 bits per heavy atom. The van der Waals surface area contributed by atoms with Crippen molar-refractivity contribution in [3.05, 3.63) is 33.3 Å². The summed E-state index contributed by atoms with van der Waals surface area (Å²) in [6.07, 6.45) is 0.654. The van der Waals surface area contributed by atoms with Crippen LogP contribution in [0.3, 0.4) is 0 Å². The predicted octanol–water partition coefficient (Wildman–Crippen LogP) is 3.28. The van der Waals surface area contributed by atoms with Crippen LogP contribution in [0.5, 0.6) is 0 Å². The van der Waals surface area contributed by atoms with Crippen LogP contribution in [0.15, 0.2) is 22.7 Å². The Balaban J connectivity index is 2.19. The highest BCUT2D eigenvalue weighted by Crippen LogP contribution is 2.36.